The molecule has 0 fully saturated rings. The molecule has 1 heterocycles. The number of H-pyrrole nitrogens is 1. The van der Waals surface area contributed by atoms with E-state index in [2.05, 4.69) is 15.3 Å². The molecule has 1 aromatic heterocycles. The van der Waals surface area contributed by atoms with Crippen LogP contribution in [0.5, 0.6) is 0 Å². The Morgan fingerprint density at radius 3 is 2.71 bits per heavy atom. The molecule has 14 heavy (non-hydrogen) atoms. The van der Waals surface area contributed by atoms with Crippen LogP contribution in [0.3, 0.4) is 0 Å². The van der Waals surface area contributed by atoms with E-state index in [4.69, 9.17) is 5.73 Å². The number of nitrogens with one attached hydrogen (secondary N) is 2. The van der Waals surface area contributed by atoms with Gasteiger partial charge in [0.05, 0.1) is 12.1 Å². The molecule has 78 valence electrons. The van der Waals surface area contributed by atoms with Crippen LogP contribution >= 0.6 is 0 Å². The molecule has 0 aliphatic rings. The predicted octanol–water partition coefficient (Wildman–Crippen LogP) is 0.159. The molecule has 0 aliphatic heterocycles. The number of anilines is 1. The van der Waals surface area contributed by atoms with Gasteiger partial charge < -0.3 is 16.0 Å². The van der Waals surface area contributed by atoms with Crippen molar-refractivity contribution in [1.82, 2.24) is 15.3 Å². The highest BCUT2D eigenvalue weighted by molar-refractivity contribution is 5.35. The molecule has 0 saturated carbocycles. The van der Waals surface area contributed by atoms with Gasteiger partial charge in [0.15, 0.2) is 0 Å². The predicted molar refractivity (Wildman–Crippen MR) is 56.0 cm³/mol. The van der Waals surface area contributed by atoms with Gasteiger partial charge in [-0.2, -0.15) is 0 Å². The van der Waals surface area contributed by atoms with Gasteiger partial charge in [-0.1, -0.05) is 13.8 Å². The summed E-state index contributed by atoms with van der Waals surface area (Å²) in [5, 5.41) is 3.15. The lowest BCUT2D eigenvalue weighted by Crippen LogP contribution is -2.26. The number of nitrogens with two attached hydrogens (primary N) is 1. The SMILES string of the molecule is Cc1c(N)nc(CNC(C)C)[nH]c1=O. The zero-order valence-corrected chi connectivity index (χ0v) is 8.72. The van der Waals surface area contributed by atoms with Gasteiger partial charge in [0.1, 0.15) is 11.6 Å². The minimum absolute atomic E-state index is 0.168. The highest BCUT2D eigenvalue weighted by atomic mass is 16.1. The van der Waals surface area contributed by atoms with Crippen molar-refractivity contribution in [3.8, 4) is 0 Å². The van der Waals surface area contributed by atoms with Gasteiger partial charge in [0, 0.05) is 6.04 Å². The second-order valence-electron chi connectivity index (χ2n) is 3.56. The number of rotatable bonds is 3. The highest BCUT2D eigenvalue weighted by Gasteiger charge is 2.04. The summed E-state index contributed by atoms with van der Waals surface area (Å²) in [6.45, 7) is 6.23. The molecule has 0 aliphatic carbocycles. The number of hydrogen-bond acceptors (Lipinski definition) is 4. The monoisotopic (exact) mass is 196 g/mol. The molecule has 0 radical (unpaired) electrons. The maximum atomic E-state index is 11.3. The van der Waals surface area contributed by atoms with Crippen molar-refractivity contribution in [2.45, 2.75) is 33.4 Å². The molecular formula is C9H16N4O. The van der Waals surface area contributed by atoms with Crippen molar-refractivity contribution < 1.29 is 0 Å². The normalized spacial score (nSPS) is 10.9. The van der Waals surface area contributed by atoms with Crippen molar-refractivity contribution in [2.75, 3.05) is 5.73 Å². The van der Waals surface area contributed by atoms with Crippen molar-refractivity contribution >= 4 is 5.82 Å². The van der Waals surface area contributed by atoms with Crippen LogP contribution in [0.1, 0.15) is 25.2 Å². The molecule has 0 aromatic carbocycles. The fourth-order valence-corrected chi connectivity index (χ4v) is 0.983. The van der Waals surface area contributed by atoms with E-state index in [-0.39, 0.29) is 5.56 Å². The van der Waals surface area contributed by atoms with E-state index in [0.717, 1.165) is 0 Å². The Morgan fingerprint density at radius 2 is 2.21 bits per heavy atom. The highest BCUT2D eigenvalue weighted by Crippen LogP contribution is 1.99. The standard InChI is InChI=1S/C9H16N4O/c1-5(2)11-4-7-12-8(10)6(3)9(14)13-7/h5,11H,4H2,1-3H3,(H3,10,12,13,14). The Labute approximate surface area is 82.7 Å². The first-order valence-electron chi connectivity index (χ1n) is 4.59. The fraction of sp³-hybridized carbons (Fsp3) is 0.556. The zero-order valence-electron chi connectivity index (χ0n) is 8.72. The van der Waals surface area contributed by atoms with E-state index < -0.39 is 0 Å². The van der Waals surface area contributed by atoms with Crippen LogP contribution in [0.25, 0.3) is 0 Å². The van der Waals surface area contributed by atoms with Gasteiger partial charge in [-0.25, -0.2) is 4.98 Å². The minimum atomic E-state index is -0.168. The molecule has 0 spiro atoms. The summed E-state index contributed by atoms with van der Waals surface area (Å²) in [7, 11) is 0. The van der Waals surface area contributed by atoms with E-state index in [0.29, 0.717) is 29.8 Å². The average Bonchev–Trinajstić information content (AvgIpc) is 2.10. The summed E-state index contributed by atoms with van der Waals surface area (Å²) in [5.41, 5.74) is 5.87. The van der Waals surface area contributed by atoms with Gasteiger partial charge >= 0.3 is 0 Å². The molecule has 0 bridgehead atoms. The molecular weight excluding hydrogens is 180 g/mol. The first kappa shape index (κ1) is 10.7. The third kappa shape index (κ3) is 2.56. The summed E-state index contributed by atoms with van der Waals surface area (Å²) in [4.78, 5) is 18.0. The zero-order chi connectivity index (χ0) is 10.7. The Morgan fingerprint density at radius 1 is 1.57 bits per heavy atom. The maximum Gasteiger partial charge on any atom is 0.255 e. The molecule has 0 atom stereocenters. The number of nitrogens with zero attached hydrogens (tertiary/aromatic N) is 1. The van der Waals surface area contributed by atoms with Gasteiger partial charge in [0.2, 0.25) is 0 Å². The summed E-state index contributed by atoms with van der Waals surface area (Å²) >= 11 is 0. The average molecular weight is 196 g/mol. The van der Waals surface area contributed by atoms with E-state index >= 15 is 0 Å². The van der Waals surface area contributed by atoms with Crippen molar-refractivity contribution in [3.05, 3.63) is 21.7 Å². The lowest BCUT2D eigenvalue weighted by atomic mass is 10.3. The molecule has 0 unspecified atom stereocenters. The lowest BCUT2D eigenvalue weighted by molar-refractivity contribution is 0.571. The molecule has 1 aromatic rings. The molecule has 0 saturated heterocycles. The molecule has 5 heteroatoms. The van der Waals surface area contributed by atoms with Crippen molar-refractivity contribution in [3.63, 3.8) is 0 Å². The van der Waals surface area contributed by atoms with Crippen LogP contribution in [-0.4, -0.2) is 16.0 Å². The quantitative estimate of drug-likeness (QED) is 0.643. The maximum absolute atomic E-state index is 11.3. The molecule has 5 nitrogen and oxygen atoms in total. The third-order valence-electron chi connectivity index (χ3n) is 1.92. The smallest absolute Gasteiger partial charge is 0.255 e. The fourth-order valence-electron chi connectivity index (χ4n) is 0.983. The van der Waals surface area contributed by atoms with Crippen LogP contribution in [-0.2, 0) is 6.54 Å². The van der Waals surface area contributed by atoms with Gasteiger partial charge in [-0.15, -0.1) is 0 Å². The summed E-state index contributed by atoms with van der Waals surface area (Å²) in [6, 6.07) is 0.350. The number of aromatic nitrogens is 2. The Balaban J connectivity index is 2.85. The Bertz CT molecular complexity index is 370. The van der Waals surface area contributed by atoms with E-state index in [9.17, 15) is 4.79 Å². The third-order valence-corrected chi connectivity index (χ3v) is 1.92. The van der Waals surface area contributed by atoms with Crippen LogP contribution in [0.15, 0.2) is 4.79 Å². The Kier molecular flexibility index (Phi) is 3.24. The number of hydrogen-bond donors (Lipinski definition) is 3. The van der Waals surface area contributed by atoms with Crippen molar-refractivity contribution in [2.24, 2.45) is 0 Å². The lowest BCUT2D eigenvalue weighted by Gasteiger charge is -2.08. The second kappa shape index (κ2) is 4.23. The number of nitrogen functional groups attached to an aromatic ring is 1. The van der Waals surface area contributed by atoms with Crippen LogP contribution in [0.4, 0.5) is 5.82 Å². The summed E-state index contributed by atoms with van der Waals surface area (Å²) < 4.78 is 0. The first-order chi connectivity index (χ1) is 6.50. The van der Waals surface area contributed by atoms with Gasteiger partial charge in [-0.05, 0) is 6.92 Å². The van der Waals surface area contributed by atoms with Crippen molar-refractivity contribution in [1.29, 1.82) is 0 Å². The van der Waals surface area contributed by atoms with Crippen LogP contribution < -0.4 is 16.6 Å². The van der Waals surface area contributed by atoms with Crippen LogP contribution in [0, 0.1) is 6.92 Å². The van der Waals surface area contributed by atoms with E-state index in [1.165, 1.54) is 0 Å². The minimum Gasteiger partial charge on any atom is -0.383 e. The molecule has 0 amide bonds. The summed E-state index contributed by atoms with van der Waals surface area (Å²) in [6.07, 6.45) is 0. The largest absolute Gasteiger partial charge is 0.383 e. The van der Waals surface area contributed by atoms with E-state index in [1.54, 1.807) is 6.92 Å². The first-order valence-corrected chi connectivity index (χ1v) is 4.59. The Hall–Kier alpha value is -1.36. The molecule has 4 N–H and O–H groups in total. The van der Waals surface area contributed by atoms with Crippen LogP contribution in [0.2, 0.25) is 0 Å². The van der Waals surface area contributed by atoms with Gasteiger partial charge in [-0.3, -0.25) is 4.79 Å². The number of aromatic amines is 1. The topological polar surface area (TPSA) is 83.8 Å². The van der Waals surface area contributed by atoms with E-state index in [1.807, 2.05) is 13.8 Å². The van der Waals surface area contributed by atoms with Gasteiger partial charge in [0.25, 0.3) is 5.56 Å². The second-order valence-corrected chi connectivity index (χ2v) is 3.56. The molecule has 1 rings (SSSR count). The summed E-state index contributed by atoms with van der Waals surface area (Å²) in [5.74, 6) is 0.876.